The van der Waals surface area contributed by atoms with E-state index in [4.69, 9.17) is 10.5 Å². The van der Waals surface area contributed by atoms with Crippen LogP contribution in [-0.2, 0) is 0 Å². The fourth-order valence-electron chi connectivity index (χ4n) is 2.36. The van der Waals surface area contributed by atoms with Crippen LogP contribution in [0.25, 0.3) is 0 Å². The molecule has 0 bridgehead atoms. The number of hydrogen-bond donors (Lipinski definition) is 2. The maximum Gasteiger partial charge on any atom is 0.119 e. The van der Waals surface area contributed by atoms with Gasteiger partial charge in [-0.3, -0.25) is 0 Å². The molecule has 0 saturated heterocycles. The number of nitrogens with two attached hydrogens (primary N) is 1. The highest BCUT2D eigenvalue weighted by Gasteiger charge is 2.23. The molecule has 3 heteroatoms. The van der Waals surface area contributed by atoms with Crippen LogP contribution in [0.5, 0.6) is 5.75 Å². The smallest absolute Gasteiger partial charge is 0.119 e. The van der Waals surface area contributed by atoms with Gasteiger partial charge in [-0.1, -0.05) is 26.0 Å². The lowest BCUT2D eigenvalue weighted by Gasteiger charge is -2.29. The van der Waals surface area contributed by atoms with E-state index in [9.17, 15) is 0 Å². The van der Waals surface area contributed by atoms with Crippen LogP contribution in [0, 0.1) is 11.8 Å². The topological polar surface area (TPSA) is 47.3 Å². The van der Waals surface area contributed by atoms with Crippen molar-refractivity contribution in [2.75, 3.05) is 20.2 Å². The molecule has 0 heterocycles. The highest BCUT2D eigenvalue weighted by molar-refractivity contribution is 5.29. The second-order valence-corrected chi connectivity index (χ2v) is 4.91. The summed E-state index contributed by atoms with van der Waals surface area (Å²) in [4.78, 5) is 0. The molecule has 0 radical (unpaired) electrons. The molecule has 0 fully saturated rings. The molecule has 102 valence electrons. The summed E-state index contributed by atoms with van der Waals surface area (Å²) in [5.41, 5.74) is 7.17. The number of ether oxygens (including phenoxy) is 1. The highest BCUT2D eigenvalue weighted by Crippen LogP contribution is 2.28. The fourth-order valence-corrected chi connectivity index (χ4v) is 2.36. The lowest BCUT2D eigenvalue weighted by molar-refractivity contribution is 0.298. The zero-order valence-corrected chi connectivity index (χ0v) is 11.9. The third kappa shape index (κ3) is 3.72. The molecule has 18 heavy (non-hydrogen) atoms. The standard InChI is InChI=1S/C15H26N2O/c1-5-18-13-8-6-12(7-9-13)15(17-4)14(10-16)11(2)3/h6-9,11,14-15,17H,5,10,16H2,1-4H3. The van der Waals surface area contributed by atoms with Crippen LogP contribution in [0.4, 0.5) is 0 Å². The number of rotatable bonds is 7. The van der Waals surface area contributed by atoms with Crippen molar-refractivity contribution in [2.24, 2.45) is 17.6 Å². The molecular weight excluding hydrogens is 224 g/mol. The molecule has 0 aliphatic carbocycles. The first-order valence-corrected chi connectivity index (χ1v) is 6.74. The van der Waals surface area contributed by atoms with Crippen LogP contribution in [0.15, 0.2) is 24.3 Å². The van der Waals surface area contributed by atoms with Crippen LogP contribution >= 0.6 is 0 Å². The minimum absolute atomic E-state index is 0.297. The molecule has 1 aromatic carbocycles. The van der Waals surface area contributed by atoms with Gasteiger partial charge in [0.05, 0.1) is 6.61 Å². The largest absolute Gasteiger partial charge is 0.494 e. The SMILES string of the molecule is CCOc1ccc(C(NC)C(CN)C(C)C)cc1. The van der Waals surface area contributed by atoms with Gasteiger partial charge in [0.1, 0.15) is 5.75 Å². The van der Waals surface area contributed by atoms with Gasteiger partial charge in [0.2, 0.25) is 0 Å². The summed E-state index contributed by atoms with van der Waals surface area (Å²) in [6.07, 6.45) is 0. The van der Waals surface area contributed by atoms with E-state index in [1.165, 1.54) is 5.56 Å². The minimum Gasteiger partial charge on any atom is -0.494 e. The maximum atomic E-state index is 5.90. The number of benzene rings is 1. The van der Waals surface area contributed by atoms with Gasteiger partial charge in [0.25, 0.3) is 0 Å². The lowest BCUT2D eigenvalue weighted by Crippen LogP contribution is -2.33. The van der Waals surface area contributed by atoms with Crippen molar-refractivity contribution < 1.29 is 4.74 Å². The van der Waals surface area contributed by atoms with E-state index >= 15 is 0 Å². The van der Waals surface area contributed by atoms with Crippen LogP contribution in [0.3, 0.4) is 0 Å². The van der Waals surface area contributed by atoms with Gasteiger partial charge in [-0.05, 0) is 50.0 Å². The van der Waals surface area contributed by atoms with Gasteiger partial charge in [-0.25, -0.2) is 0 Å². The van der Waals surface area contributed by atoms with Gasteiger partial charge in [-0.15, -0.1) is 0 Å². The van der Waals surface area contributed by atoms with E-state index in [1.54, 1.807) is 0 Å². The summed E-state index contributed by atoms with van der Waals surface area (Å²) in [7, 11) is 1.99. The van der Waals surface area contributed by atoms with Gasteiger partial charge in [0.15, 0.2) is 0 Å². The van der Waals surface area contributed by atoms with E-state index in [0.29, 0.717) is 31.0 Å². The predicted molar refractivity (Wildman–Crippen MR) is 76.8 cm³/mol. The summed E-state index contributed by atoms with van der Waals surface area (Å²) in [5.74, 6) is 1.91. The first kappa shape index (κ1) is 15.0. The molecule has 0 spiro atoms. The molecule has 0 amide bonds. The zero-order chi connectivity index (χ0) is 13.5. The van der Waals surface area contributed by atoms with Crippen molar-refractivity contribution in [2.45, 2.75) is 26.8 Å². The van der Waals surface area contributed by atoms with Gasteiger partial charge >= 0.3 is 0 Å². The van der Waals surface area contributed by atoms with Gasteiger partial charge in [0, 0.05) is 6.04 Å². The maximum absolute atomic E-state index is 5.90. The van der Waals surface area contributed by atoms with E-state index < -0.39 is 0 Å². The van der Waals surface area contributed by atoms with Crippen LogP contribution < -0.4 is 15.8 Å². The summed E-state index contributed by atoms with van der Waals surface area (Å²) in [6.45, 7) is 7.82. The summed E-state index contributed by atoms with van der Waals surface area (Å²) in [5, 5.41) is 3.38. The second kappa shape index (κ2) is 7.39. The molecule has 0 aliphatic heterocycles. The van der Waals surface area contributed by atoms with Crippen molar-refractivity contribution in [3.05, 3.63) is 29.8 Å². The molecule has 0 saturated carbocycles. The van der Waals surface area contributed by atoms with Crippen molar-refractivity contribution in [3.63, 3.8) is 0 Å². The summed E-state index contributed by atoms with van der Waals surface area (Å²) >= 11 is 0. The Balaban J connectivity index is 2.87. The lowest BCUT2D eigenvalue weighted by atomic mass is 9.84. The molecular formula is C15H26N2O. The van der Waals surface area contributed by atoms with Crippen molar-refractivity contribution in [3.8, 4) is 5.75 Å². The number of hydrogen-bond acceptors (Lipinski definition) is 3. The van der Waals surface area contributed by atoms with Crippen molar-refractivity contribution in [1.29, 1.82) is 0 Å². The van der Waals surface area contributed by atoms with Crippen molar-refractivity contribution in [1.82, 2.24) is 5.32 Å². The van der Waals surface area contributed by atoms with E-state index in [-0.39, 0.29) is 0 Å². The molecule has 1 aromatic rings. The normalized spacial score (nSPS) is 14.6. The summed E-state index contributed by atoms with van der Waals surface area (Å²) in [6, 6.07) is 8.59. The Morgan fingerprint density at radius 2 is 1.83 bits per heavy atom. The highest BCUT2D eigenvalue weighted by atomic mass is 16.5. The molecule has 0 aromatic heterocycles. The van der Waals surface area contributed by atoms with E-state index in [1.807, 2.05) is 26.1 Å². The van der Waals surface area contributed by atoms with Crippen LogP contribution in [0.1, 0.15) is 32.4 Å². The Bertz CT molecular complexity index is 335. The quantitative estimate of drug-likeness (QED) is 0.782. The summed E-state index contributed by atoms with van der Waals surface area (Å²) < 4.78 is 5.46. The molecule has 2 unspecified atom stereocenters. The third-order valence-corrected chi connectivity index (χ3v) is 3.42. The monoisotopic (exact) mass is 250 g/mol. The average molecular weight is 250 g/mol. The fraction of sp³-hybridized carbons (Fsp3) is 0.600. The van der Waals surface area contributed by atoms with E-state index in [2.05, 4.69) is 31.3 Å². The Morgan fingerprint density at radius 3 is 2.22 bits per heavy atom. The van der Waals surface area contributed by atoms with E-state index in [0.717, 1.165) is 5.75 Å². The Hall–Kier alpha value is -1.06. The first-order valence-electron chi connectivity index (χ1n) is 6.74. The first-order chi connectivity index (χ1) is 8.63. The number of nitrogens with one attached hydrogen (secondary N) is 1. The molecule has 0 aliphatic rings. The zero-order valence-electron chi connectivity index (χ0n) is 11.9. The third-order valence-electron chi connectivity index (χ3n) is 3.42. The molecule has 3 nitrogen and oxygen atoms in total. The van der Waals surface area contributed by atoms with Gasteiger partial charge < -0.3 is 15.8 Å². The Kier molecular flexibility index (Phi) is 6.16. The molecule has 1 rings (SSSR count). The molecule has 2 atom stereocenters. The van der Waals surface area contributed by atoms with Crippen LogP contribution in [-0.4, -0.2) is 20.2 Å². The Labute approximate surface area is 111 Å². The Morgan fingerprint density at radius 1 is 1.22 bits per heavy atom. The minimum atomic E-state index is 0.297. The molecule has 3 N–H and O–H groups in total. The van der Waals surface area contributed by atoms with Gasteiger partial charge in [-0.2, -0.15) is 0 Å². The predicted octanol–water partition coefficient (Wildman–Crippen LogP) is 2.58. The average Bonchev–Trinajstić information content (AvgIpc) is 2.37. The second-order valence-electron chi connectivity index (χ2n) is 4.91. The van der Waals surface area contributed by atoms with Crippen molar-refractivity contribution >= 4 is 0 Å². The van der Waals surface area contributed by atoms with Crippen LogP contribution in [0.2, 0.25) is 0 Å².